The van der Waals surface area contributed by atoms with Crippen LogP contribution >= 0.6 is 11.6 Å². The van der Waals surface area contributed by atoms with Gasteiger partial charge in [0.25, 0.3) is 0 Å². The summed E-state index contributed by atoms with van der Waals surface area (Å²) in [6.45, 7) is 6.75. The summed E-state index contributed by atoms with van der Waals surface area (Å²) in [5.41, 5.74) is -1.44. The van der Waals surface area contributed by atoms with Gasteiger partial charge in [-0.05, 0) is 39.8 Å². The maximum atomic E-state index is 12.6. The number of benzene rings is 1. The molecular weight excluding hydrogens is 384 g/mol. The number of rotatable bonds is 3. The minimum atomic E-state index is -1.44. The van der Waals surface area contributed by atoms with Crippen molar-refractivity contribution in [3.05, 3.63) is 35.5 Å². The molecule has 1 saturated heterocycles. The number of amides is 1. The van der Waals surface area contributed by atoms with Crippen molar-refractivity contribution in [1.82, 2.24) is 9.88 Å². The molecule has 0 saturated carbocycles. The van der Waals surface area contributed by atoms with E-state index in [-0.39, 0.29) is 18.1 Å². The fourth-order valence-corrected chi connectivity index (χ4v) is 3.42. The Bertz CT molecular complexity index is 926. The van der Waals surface area contributed by atoms with Crippen molar-refractivity contribution in [2.75, 3.05) is 6.54 Å². The van der Waals surface area contributed by atoms with Crippen LogP contribution in [0.2, 0.25) is 5.15 Å². The van der Waals surface area contributed by atoms with Gasteiger partial charge in [0, 0.05) is 11.8 Å². The van der Waals surface area contributed by atoms with Gasteiger partial charge < -0.3 is 14.6 Å². The molecular formula is C20H23ClN2O5. The van der Waals surface area contributed by atoms with E-state index < -0.39 is 29.3 Å². The predicted octanol–water partition coefficient (Wildman–Crippen LogP) is 4.12. The van der Waals surface area contributed by atoms with Gasteiger partial charge in [-0.2, -0.15) is 0 Å². The van der Waals surface area contributed by atoms with Crippen LogP contribution in [0.15, 0.2) is 30.3 Å². The lowest BCUT2D eigenvalue weighted by Gasteiger charge is -2.32. The van der Waals surface area contributed by atoms with Crippen LogP contribution in [0.5, 0.6) is 5.75 Å². The van der Waals surface area contributed by atoms with Crippen molar-refractivity contribution in [3.63, 3.8) is 0 Å². The normalized spacial score (nSPS) is 22.3. The molecule has 0 aliphatic carbocycles. The molecule has 0 spiro atoms. The van der Waals surface area contributed by atoms with Crippen LogP contribution in [0, 0.1) is 0 Å². The third-order valence-electron chi connectivity index (χ3n) is 4.62. The Balaban J connectivity index is 1.85. The van der Waals surface area contributed by atoms with Crippen LogP contribution < -0.4 is 4.74 Å². The van der Waals surface area contributed by atoms with E-state index in [4.69, 9.17) is 21.1 Å². The number of para-hydroxylation sites is 1. The van der Waals surface area contributed by atoms with E-state index >= 15 is 0 Å². The number of nitrogens with zero attached hydrogens (tertiary/aromatic N) is 2. The van der Waals surface area contributed by atoms with Crippen molar-refractivity contribution in [2.45, 2.75) is 51.4 Å². The lowest BCUT2D eigenvalue weighted by molar-refractivity contribution is -0.148. The van der Waals surface area contributed by atoms with Crippen molar-refractivity contribution in [3.8, 4) is 5.75 Å². The first kappa shape index (κ1) is 20.2. The average Bonchev–Trinajstić information content (AvgIpc) is 2.92. The van der Waals surface area contributed by atoms with Crippen LogP contribution in [-0.2, 0) is 9.53 Å². The molecule has 1 aliphatic heterocycles. The lowest BCUT2D eigenvalue weighted by atomic mass is 9.98. The number of fused-ring (bicyclic) bond motifs is 1. The Morgan fingerprint density at radius 3 is 2.64 bits per heavy atom. The standard InChI is InChI=1S/C20H23ClN2O5/c1-19(2,3)28-18(26)23-11-13(10-20(23,4)17(24)25)27-15-9-12-7-5-6-8-14(12)22-16(15)21/h5-9,13H,10-11H2,1-4H3,(H,24,25)/t13-,20+/m1/s1. The largest absolute Gasteiger partial charge is 0.485 e. The Kier molecular flexibility index (Phi) is 5.14. The van der Waals surface area contributed by atoms with Gasteiger partial charge in [0.2, 0.25) is 0 Å². The molecule has 1 N–H and O–H groups in total. The van der Waals surface area contributed by atoms with E-state index in [0.717, 1.165) is 10.9 Å². The predicted molar refractivity (Wildman–Crippen MR) is 105 cm³/mol. The summed E-state index contributed by atoms with van der Waals surface area (Å²) in [7, 11) is 0. The number of carbonyl (C=O) groups is 2. The summed E-state index contributed by atoms with van der Waals surface area (Å²) < 4.78 is 11.3. The molecule has 2 atom stereocenters. The molecule has 1 aromatic carbocycles. The number of aliphatic carboxylic acids is 1. The summed E-state index contributed by atoms with van der Waals surface area (Å²) in [5, 5.41) is 10.8. The molecule has 2 aromatic rings. The zero-order chi connectivity index (χ0) is 20.7. The molecule has 1 fully saturated rings. The Morgan fingerprint density at radius 1 is 1.32 bits per heavy atom. The summed E-state index contributed by atoms with van der Waals surface area (Å²) >= 11 is 6.24. The maximum absolute atomic E-state index is 12.6. The van der Waals surface area contributed by atoms with Crippen LogP contribution in [-0.4, -0.2) is 50.8 Å². The van der Waals surface area contributed by atoms with Crippen molar-refractivity contribution in [2.24, 2.45) is 0 Å². The number of ether oxygens (including phenoxy) is 2. The number of carboxylic acid groups (broad SMARTS) is 1. The first-order chi connectivity index (χ1) is 13.0. The number of likely N-dealkylation sites (tertiary alicyclic amines) is 1. The fraction of sp³-hybridized carbons (Fsp3) is 0.450. The van der Waals surface area contributed by atoms with Gasteiger partial charge >= 0.3 is 12.1 Å². The minimum Gasteiger partial charge on any atom is -0.485 e. The van der Waals surface area contributed by atoms with Crippen molar-refractivity contribution in [1.29, 1.82) is 0 Å². The van der Waals surface area contributed by atoms with Crippen LogP contribution in [0.25, 0.3) is 10.9 Å². The SMILES string of the molecule is CC(C)(C)OC(=O)N1C[C@H](Oc2cc3ccccc3nc2Cl)C[C@@]1(C)C(=O)O. The highest BCUT2D eigenvalue weighted by Crippen LogP contribution is 2.35. The third-order valence-corrected chi connectivity index (χ3v) is 4.89. The van der Waals surface area contributed by atoms with Gasteiger partial charge in [-0.1, -0.05) is 29.8 Å². The van der Waals surface area contributed by atoms with E-state index in [1.165, 1.54) is 11.8 Å². The molecule has 1 aliphatic rings. The zero-order valence-corrected chi connectivity index (χ0v) is 17.0. The van der Waals surface area contributed by atoms with Gasteiger partial charge in [0.1, 0.15) is 17.2 Å². The minimum absolute atomic E-state index is 0.0703. The number of aromatic nitrogens is 1. The molecule has 1 amide bonds. The van der Waals surface area contributed by atoms with E-state index in [0.29, 0.717) is 5.75 Å². The maximum Gasteiger partial charge on any atom is 0.411 e. The first-order valence-electron chi connectivity index (χ1n) is 8.95. The van der Waals surface area contributed by atoms with Crippen LogP contribution in [0.4, 0.5) is 4.79 Å². The second kappa shape index (κ2) is 7.13. The summed E-state index contributed by atoms with van der Waals surface area (Å²) in [6, 6.07) is 9.23. The molecule has 2 heterocycles. The topological polar surface area (TPSA) is 89.0 Å². The number of hydrogen-bond donors (Lipinski definition) is 1. The Hall–Kier alpha value is -2.54. The molecule has 0 bridgehead atoms. The van der Waals surface area contributed by atoms with Gasteiger partial charge in [0.05, 0.1) is 12.1 Å². The fourth-order valence-electron chi connectivity index (χ4n) is 3.23. The lowest BCUT2D eigenvalue weighted by Crippen LogP contribution is -2.52. The summed E-state index contributed by atoms with van der Waals surface area (Å²) in [6.07, 6.45) is -1.15. The number of hydrogen-bond acceptors (Lipinski definition) is 5. The molecule has 0 radical (unpaired) electrons. The second-order valence-corrected chi connectivity index (χ2v) is 8.44. The monoisotopic (exact) mass is 406 g/mol. The highest BCUT2D eigenvalue weighted by Gasteiger charge is 2.52. The van der Waals surface area contributed by atoms with E-state index in [1.807, 2.05) is 24.3 Å². The van der Waals surface area contributed by atoms with Crippen LogP contribution in [0.3, 0.4) is 0 Å². The van der Waals surface area contributed by atoms with Gasteiger partial charge in [-0.3, -0.25) is 4.90 Å². The molecule has 1 aromatic heterocycles. The highest BCUT2D eigenvalue weighted by atomic mass is 35.5. The zero-order valence-electron chi connectivity index (χ0n) is 16.2. The third kappa shape index (κ3) is 3.99. The summed E-state index contributed by atoms with van der Waals surface area (Å²) in [4.78, 5) is 30.0. The molecule has 150 valence electrons. The number of carboxylic acids is 1. The first-order valence-corrected chi connectivity index (χ1v) is 9.33. The molecule has 8 heteroatoms. The van der Waals surface area contributed by atoms with Gasteiger partial charge in [-0.15, -0.1) is 0 Å². The van der Waals surface area contributed by atoms with E-state index in [9.17, 15) is 14.7 Å². The molecule has 0 unspecified atom stereocenters. The number of pyridine rings is 1. The van der Waals surface area contributed by atoms with E-state index in [1.54, 1.807) is 26.8 Å². The Labute approximate surface area is 168 Å². The summed E-state index contributed by atoms with van der Waals surface area (Å²) in [5.74, 6) is -0.767. The quantitative estimate of drug-likeness (QED) is 0.771. The van der Waals surface area contributed by atoms with Gasteiger partial charge in [0.15, 0.2) is 10.9 Å². The van der Waals surface area contributed by atoms with Crippen molar-refractivity contribution < 1.29 is 24.2 Å². The second-order valence-electron chi connectivity index (χ2n) is 8.08. The van der Waals surface area contributed by atoms with Crippen LogP contribution in [0.1, 0.15) is 34.1 Å². The Morgan fingerprint density at radius 2 is 2.00 bits per heavy atom. The number of halogens is 1. The number of carbonyl (C=O) groups excluding carboxylic acids is 1. The smallest absolute Gasteiger partial charge is 0.411 e. The molecule has 3 rings (SSSR count). The molecule has 28 heavy (non-hydrogen) atoms. The van der Waals surface area contributed by atoms with E-state index in [2.05, 4.69) is 4.98 Å². The molecule has 7 nitrogen and oxygen atoms in total. The highest BCUT2D eigenvalue weighted by molar-refractivity contribution is 6.31. The average molecular weight is 407 g/mol. The van der Waals surface area contributed by atoms with Crippen molar-refractivity contribution >= 4 is 34.6 Å². The van der Waals surface area contributed by atoms with Gasteiger partial charge in [-0.25, -0.2) is 14.6 Å².